The Morgan fingerprint density at radius 1 is 1.46 bits per heavy atom. The van der Waals surface area contributed by atoms with Crippen molar-refractivity contribution in [2.24, 2.45) is 10.9 Å². The summed E-state index contributed by atoms with van der Waals surface area (Å²) in [6.07, 6.45) is 4.41. The smallest absolute Gasteiger partial charge is 0.242 e. The molecule has 1 aromatic heterocycles. The van der Waals surface area contributed by atoms with Gasteiger partial charge in [0.1, 0.15) is 0 Å². The average molecular weight is 379 g/mol. The van der Waals surface area contributed by atoms with Crippen LogP contribution in [-0.4, -0.2) is 68.6 Å². The van der Waals surface area contributed by atoms with E-state index >= 15 is 0 Å². The van der Waals surface area contributed by atoms with E-state index in [9.17, 15) is 4.79 Å². The molecule has 6 nitrogen and oxygen atoms in total. The predicted molar refractivity (Wildman–Crippen MR) is 106 cm³/mol. The van der Waals surface area contributed by atoms with Crippen LogP contribution >= 0.6 is 11.3 Å². The zero-order valence-electron chi connectivity index (χ0n) is 15.9. The third-order valence-electron chi connectivity index (χ3n) is 5.35. The fourth-order valence-electron chi connectivity index (χ4n) is 3.63. The molecule has 0 aromatic carbocycles. The molecule has 1 amide bonds. The molecule has 1 fully saturated rings. The second-order valence-corrected chi connectivity index (χ2v) is 8.10. The van der Waals surface area contributed by atoms with Crippen molar-refractivity contribution in [3.05, 3.63) is 21.9 Å². The molecule has 3 rings (SSSR count). The Hall–Kier alpha value is -1.60. The number of hydrogen-bond donors (Lipinski definition) is 1. The van der Waals surface area contributed by atoms with E-state index < -0.39 is 0 Å². The molecule has 2 aliphatic rings. The normalized spacial score (nSPS) is 18.5. The number of fused-ring (bicyclic) bond motifs is 1. The van der Waals surface area contributed by atoms with Crippen molar-refractivity contribution in [3.8, 4) is 0 Å². The van der Waals surface area contributed by atoms with Crippen molar-refractivity contribution in [2.45, 2.75) is 32.2 Å². The minimum atomic E-state index is 0.140. The summed E-state index contributed by atoms with van der Waals surface area (Å²) in [6.45, 7) is 4.56. The average Bonchev–Trinajstić information content (AvgIpc) is 3.15. The van der Waals surface area contributed by atoms with Crippen LogP contribution in [0.25, 0.3) is 0 Å². The van der Waals surface area contributed by atoms with E-state index in [4.69, 9.17) is 4.74 Å². The highest BCUT2D eigenvalue weighted by Crippen LogP contribution is 2.23. The Balaban J connectivity index is 1.42. The number of carbonyl (C=O) groups excluding carboxylic acids is 1. The number of hydrogen-bond acceptors (Lipinski definition) is 4. The summed E-state index contributed by atoms with van der Waals surface area (Å²) in [5.41, 5.74) is 1.30. The zero-order chi connectivity index (χ0) is 18.4. The van der Waals surface area contributed by atoms with Gasteiger partial charge in [0.15, 0.2) is 5.96 Å². The zero-order valence-corrected chi connectivity index (χ0v) is 16.7. The van der Waals surface area contributed by atoms with Crippen LogP contribution in [0.15, 0.2) is 16.4 Å². The van der Waals surface area contributed by atoms with E-state index in [2.05, 4.69) is 26.7 Å². The molecular formula is C19H30N4O2S. The summed E-state index contributed by atoms with van der Waals surface area (Å²) in [7, 11) is 3.81. The van der Waals surface area contributed by atoms with Gasteiger partial charge in [-0.3, -0.25) is 9.79 Å². The van der Waals surface area contributed by atoms with Gasteiger partial charge < -0.3 is 19.9 Å². The third-order valence-corrected chi connectivity index (χ3v) is 6.37. The first kappa shape index (κ1) is 19.2. The number of carbonyl (C=O) groups is 1. The lowest BCUT2D eigenvalue weighted by molar-refractivity contribution is -0.130. The maximum absolute atomic E-state index is 12.6. The molecule has 1 N–H and O–H groups in total. The van der Waals surface area contributed by atoms with Crippen LogP contribution in [0.1, 0.15) is 29.7 Å². The summed E-state index contributed by atoms with van der Waals surface area (Å²) in [5.74, 6) is 1.67. The Morgan fingerprint density at radius 3 is 3.04 bits per heavy atom. The number of nitrogens with zero attached hydrogens (tertiary/aromatic N) is 3. The highest BCUT2D eigenvalue weighted by molar-refractivity contribution is 7.10. The van der Waals surface area contributed by atoms with Crippen LogP contribution in [0, 0.1) is 5.92 Å². The van der Waals surface area contributed by atoms with Crippen LogP contribution in [0.4, 0.5) is 0 Å². The van der Waals surface area contributed by atoms with E-state index in [1.165, 1.54) is 10.4 Å². The number of thiophene rings is 1. The Kier molecular flexibility index (Phi) is 6.91. The fraction of sp³-hybridized carbons (Fsp3) is 0.684. The largest absolute Gasteiger partial charge is 0.381 e. The van der Waals surface area contributed by atoms with Gasteiger partial charge in [-0.15, -0.1) is 11.3 Å². The standard InChI is InChI=1S/C19H30N4O2S/c1-20-19(22(2)8-3-15-5-10-25-11-6-15)21-13-18(24)23-9-4-17-16(14-23)7-12-26-17/h7,12,15H,3-6,8-11,13-14H2,1-2H3,(H,20,21). The van der Waals surface area contributed by atoms with Crippen LogP contribution in [-0.2, 0) is 22.5 Å². The lowest BCUT2D eigenvalue weighted by Gasteiger charge is -2.29. The van der Waals surface area contributed by atoms with Gasteiger partial charge in [0.2, 0.25) is 5.91 Å². The van der Waals surface area contributed by atoms with E-state index in [1.807, 2.05) is 11.9 Å². The summed E-state index contributed by atoms with van der Waals surface area (Å²) in [4.78, 5) is 22.4. The van der Waals surface area contributed by atoms with Crippen molar-refractivity contribution in [3.63, 3.8) is 0 Å². The first-order valence-corrected chi connectivity index (χ1v) is 10.4. The Bertz CT molecular complexity index is 625. The topological polar surface area (TPSA) is 57.2 Å². The lowest BCUT2D eigenvalue weighted by atomic mass is 9.96. The highest BCUT2D eigenvalue weighted by Gasteiger charge is 2.22. The SMILES string of the molecule is CN=C(NCC(=O)N1CCc2sccc2C1)N(C)CCC1CCOCC1. The quantitative estimate of drug-likeness (QED) is 0.629. The minimum absolute atomic E-state index is 0.140. The second kappa shape index (κ2) is 9.37. The molecule has 7 heteroatoms. The van der Waals surface area contributed by atoms with Crippen LogP contribution < -0.4 is 5.32 Å². The van der Waals surface area contributed by atoms with Crippen molar-refractivity contribution in [2.75, 3.05) is 46.9 Å². The molecule has 1 aromatic rings. The highest BCUT2D eigenvalue weighted by atomic mass is 32.1. The van der Waals surface area contributed by atoms with Crippen LogP contribution in [0.2, 0.25) is 0 Å². The van der Waals surface area contributed by atoms with Gasteiger partial charge in [-0.25, -0.2) is 0 Å². The maximum Gasteiger partial charge on any atom is 0.242 e. The van der Waals surface area contributed by atoms with Gasteiger partial charge in [-0.05, 0) is 48.6 Å². The van der Waals surface area contributed by atoms with Crippen LogP contribution in [0.5, 0.6) is 0 Å². The molecule has 0 unspecified atom stereocenters. The number of amides is 1. The minimum Gasteiger partial charge on any atom is -0.381 e. The van der Waals surface area contributed by atoms with Crippen molar-refractivity contribution < 1.29 is 9.53 Å². The number of ether oxygens (including phenoxy) is 1. The number of aliphatic imine (C=N–C) groups is 1. The van der Waals surface area contributed by atoms with E-state index in [1.54, 1.807) is 18.4 Å². The van der Waals surface area contributed by atoms with Gasteiger partial charge >= 0.3 is 0 Å². The molecule has 0 bridgehead atoms. The molecule has 0 saturated carbocycles. The molecule has 144 valence electrons. The van der Waals surface area contributed by atoms with Crippen molar-refractivity contribution >= 4 is 23.2 Å². The maximum atomic E-state index is 12.6. The van der Waals surface area contributed by atoms with Crippen LogP contribution in [0.3, 0.4) is 0 Å². The molecule has 0 atom stereocenters. The molecule has 0 radical (unpaired) electrons. The molecule has 1 saturated heterocycles. The molecule has 0 spiro atoms. The van der Waals surface area contributed by atoms with Gasteiger partial charge in [0.05, 0.1) is 6.54 Å². The number of guanidine groups is 1. The summed E-state index contributed by atoms with van der Waals surface area (Å²) in [5, 5.41) is 5.35. The first-order chi connectivity index (χ1) is 12.7. The first-order valence-electron chi connectivity index (χ1n) is 9.50. The lowest BCUT2D eigenvalue weighted by Crippen LogP contribution is -2.46. The monoisotopic (exact) mass is 378 g/mol. The van der Waals surface area contributed by atoms with E-state index in [0.29, 0.717) is 6.54 Å². The van der Waals surface area contributed by atoms with Gasteiger partial charge in [-0.1, -0.05) is 0 Å². The summed E-state index contributed by atoms with van der Waals surface area (Å²) >= 11 is 1.79. The molecule has 3 heterocycles. The van der Waals surface area contributed by atoms with E-state index in [-0.39, 0.29) is 5.91 Å². The third kappa shape index (κ3) is 4.98. The Labute approximate surface area is 160 Å². The molecule has 26 heavy (non-hydrogen) atoms. The van der Waals surface area contributed by atoms with Crippen molar-refractivity contribution in [1.82, 2.24) is 15.1 Å². The van der Waals surface area contributed by atoms with Gasteiger partial charge in [0, 0.05) is 51.8 Å². The molecule has 2 aliphatic heterocycles. The predicted octanol–water partition coefficient (Wildman–Crippen LogP) is 1.96. The summed E-state index contributed by atoms with van der Waals surface area (Å²) in [6, 6.07) is 2.13. The van der Waals surface area contributed by atoms with Crippen molar-refractivity contribution in [1.29, 1.82) is 0 Å². The number of nitrogens with one attached hydrogen (secondary N) is 1. The number of rotatable bonds is 5. The molecule has 0 aliphatic carbocycles. The van der Waals surface area contributed by atoms with Gasteiger partial charge in [0.25, 0.3) is 0 Å². The second-order valence-electron chi connectivity index (χ2n) is 7.10. The van der Waals surface area contributed by atoms with E-state index in [0.717, 1.165) is 70.4 Å². The fourth-order valence-corrected chi connectivity index (χ4v) is 4.52. The Morgan fingerprint density at radius 2 is 2.27 bits per heavy atom. The van der Waals surface area contributed by atoms with Gasteiger partial charge in [-0.2, -0.15) is 0 Å². The summed E-state index contributed by atoms with van der Waals surface area (Å²) < 4.78 is 5.42. The molecular weight excluding hydrogens is 348 g/mol.